The molecule has 1 aliphatic heterocycles. The van der Waals surface area contributed by atoms with Crippen LogP contribution < -0.4 is 0 Å². The maximum Gasteiger partial charge on any atom is 0.410 e. The summed E-state index contributed by atoms with van der Waals surface area (Å²) in [5.74, 6) is -1.17. The highest BCUT2D eigenvalue weighted by Gasteiger charge is 2.36. The number of ether oxygens (including phenoxy) is 2. The standard InChI is InChI=1S/C21H20N2O7/c24-19(16-8-10-17(11-9-16)23(27)28)14-29-20(25)18-7-4-12-22(18)21(26)30-13-15-5-2-1-3-6-15/h1-3,5-6,8-11,18H,4,7,12-14H2/t18-/m1/s1. The van der Waals surface area contributed by atoms with E-state index in [-0.39, 0.29) is 17.9 Å². The van der Waals surface area contributed by atoms with E-state index < -0.39 is 35.4 Å². The molecular weight excluding hydrogens is 392 g/mol. The largest absolute Gasteiger partial charge is 0.456 e. The van der Waals surface area contributed by atoms with Gasteiger partial charge in [-0.1, -0.05) is 30.3 Å². The van der Waals surface area contributed by atoms with Gasteiger partial charge in [-0.25, -0.2) is 9.59 Å². The number of esters is 1. The lowest BCUT2D eigenvalue weighted by molar-refractivity contribution is -0.384. The average molecular weight is 412 g/mol. The molecule has 1 fully saturated rings. The van der Waals surface area contributed by atoms with Crippen molar-refractivity contribution in [2.45, 2.75) is 25.5 Å². The Kier molecular flexibility index (Phi) is 6.74. The number of benzene rings is 2. The number of non-ortho nitro benzene ring substituents is 1. The summed E-state index contributed by atoms with van der Waals surface area (Å²) in [7, 11) is 0. The first-order valence-corrected chi connectivity index (χ1v) is 9.37. The maximum atomic E-state index is 12.4. The normalized spacial score (nSPS) is 15.5. The summed E-state index contributed by atoms with van der Waals surface area (Å²) >= 11 is 0. The van der Waals surface area contributed by atoms with Crippen molar-refractivity contribution in [1.29, 1.82) is 0 Å². The van der Waals surface area contributed by atoms with E-state index in [1.54, 1.807) is 0 Å². The van der Waals surface area contributed by atoms with E-state index in [0.29, 0.717) is 19.4 Å². The van der Waals surface area contributed by atoms with Gasteiger partial charge in [0, 0.05) is 24.2 Å². The zero-order chi connectivity index (χ0) is 21.5. The van der Waals surface area contributed by atoms with Crippen molar-refractivity contribution in [3.8, 4) is 0 Å². The second-order valence-corrected chi connectivity index (χ2v) is 6.73. The molecule has 9 heteroatoms. The number of nitro benzene ring substituents is 1. The zero-order valence-electron chi connectivity index (χ0n) is 16.1. The number of ketones is 1. The van der Waals surface area contributed by atoms with Crippen LogP contribution in [0.15, 0.2) is 54.6 Å². The Balaban J connectivity index is 1.51. The number of carbonyl (C=O) groups excluding carboxylic acids is 3. The Morgan fingerprint density at radius 3 is 2.40 bits per heavy atom. The van der Waals surface area contributed by atoms with Crippen LogP contribution >= 0.6 is 0 Å². The van der Waals surface area contributed by atoms with Gasteiger partial charge in [0.05, 0.1) is 4.92 Å². The number of nitro groups is 1. The van der Waals surface area contributed by atoms with E-state index in [1.807, 2.05) is 30.3 Å². The number of hydrogen-bond donors (Lipinski definition) is 0. The quantitative estimate of drug-likeness (QED) is 0.297. The van der Waals surface area contributed by atoms with Gasteiger partial charge in [-0.15, -0.1) is 0 Å². The number of amides is 1. The van der Waals surface area contributed by atoms with Crippen LogP contribution in [0.4, 0.5) is 10.5 Å². The fourth-order valence-electron chi connectivity index (χ4n) is 3.12. The topological polar surface area (TPSA) is 116 Å². The van der Waals surface area contributed by atoms with Gasteiger partial charge in [0.25, 0.3) is 5.69 Å². The molecule has 3 rings (SSSR count). The number of hydrogen-bond acceptors (Lipinski definition) is 7. The third-order valence-electron chi connectivity index (χ3n) is 4.71. The zero-order valence-corrected chi connectivity index (χ0v) is 16.1. The fraction of sp³-hybridized carbons (Fsp3) is 0.286. The van der Waals surface area contributed by atoms with Gasteiger partial charge in [-0.05, 0) is 30.5 Å². The molecule has 0 unspecified atom stereocenters. The van der Waals surface area contributed by atoms with Gasteiger partial charge in [0.1, 0.15) is 12.6 Å². The Labute approximate surface area is 172 Å². The summed E-state index contributed by atoms with van der Waals surface area (Å²) in [5.41, 5.74) is 0.885. The maximum absolute atomic E-state index is 12.4. The molecule has 1 heterocycles. The van der Waals surface area contributed by atoms with E-state index >= 15 is 0 Å². The van der Waals surface area contributed by atoms with Crippen LogP contribution in [-0.4, -0.2) is 46.9 Å². The highest BCUT2D eigenvalue weighted by atomic mass is 16.6. The summed E-state index contributed by atoms with van der Waals surface area (Å²) in [5, 5.41) is 10.7. The predicted molar refractivity (Wildman–Crippen MR) is 105 cm³/mol. The summed E-state index contributed by atoms with van der Waals surface area (Å²) < 4.78 is 10.4. The van der Waals surface area contributed by atoms with E-state index in [0.717, 1.165) is 5.56 Å². The SMILES string of the molecule is O=C(COC(=O)[C@H]1CCCN1C(=O)OCc1ccccc1)c1ccc([N+](=O)[O-])cc1. The van der Waals surface area contributed by atoms with Crippen LogP contribution in [0.1, 0.15) is 28.8 Å². The molecule has 0 N–H and O–H groups in total. The van der Waals surface area contributed by atoms with Gasteiger partial charge in [-0.3, -0.25) is 19.8 Å². The number of rotatable bonds is 7. The minimum atomic E-state index is -0.807. The molecule has 156 valence electrons. The molecule has 1 aliphatic rings. The Morgan fingerprint density at radius 2 is 1.73 bits per heavy atom. The monoisotopic (exact) mass is 412 g/mol. The van der Waals surface area contributed by atoms with Crippen molar-refractivity contribution < 1.29 is 28.8 Å². The third kappa shape index (κ3) is 5.19. The predicted octanol–water partition coefficient (Wildman–Crippen LogP) is 3.12. The van der Waals surface area contributed by atoms with Crippen LogP contribution in [-0.2, 0) is 20.9 Å². The van der Waals surface area contributed by atoms with Crippen molar-refractivity contribution >= 4 is 23.5 Å². The molecule has 30 heavy (non-hydrogen) atoms. The van der Waals surface area contributed by atoms with Crippen molar-refractivity contribution in [3.05, 3.63) is 75.8 Å². The van der Waals surface area contributed by atoms with Gasteiger partial charge in [0.15, 0.2) is 12.4 Å². The lowest BCUT2D eigenvalue weighted by atomic mass is 10.1. The first kappa shape index (κ1) is 21.0. The Bertz CT molecular complexity index is 928. The smallest absolute Gasteiger partial charge is 0.410 e. The number of carbonyl (C=O) groups is 3. The minimum absolute atomic E-state index is 0.0938. The van der Waals surface area contributed by atoms with E-state index in [1.165, 1.54) is 29.2 Å². The first-order valence-electron chi connectivity index (χ1n) is 9.37. The molecule has 1 amide bonds. The number of Topliss-reactive ketones (excluding diaryl/α,β-unsaturated/α-hetero) is 1. The lowest BCUT2D eigenvalue weighted by Gasteiger charge is -2.22. The molecule has 0 radical (unpaired) electrons. The van der Waals surface area contributed by atoms with Gasteiger partial charge >= 0.3 is 12.1 Å². The number of likely N-dealkylation sites (tertiary alicyclic amines) is 1. The summed E-state index contributed by atoms with van der Waals surface area (Å²) in [6.45, 7) is -0.0553. The Hall–Kier alpha value is -3.75. The number of nitrogens with zero attached hydrogens (tertiary/aromatic N) is 2. The molecule has 0 aliphatic carbocycles. The summed E-state index contributed by atoms with van der Waals surface area (Å²) in [6.07, 6.45) is 0.432. The van der Waals surface area contributed by atoms with Gasteiger partial charge in [-0.2, -0.15) is 0 Å². The minimum Gasteiger partial charge on any atom is -0.456 e. The molecule has 1 atom stereocenters. The van der Waals surface area contributed by atoms with Crippen LogP contribution in [0, 0.1) is 10.1 Å². The molecule has 1 saturated heterocycles. The fourth-order valence-corrected chi connectivity index (χ4v) is 3.12. The third-order valence-corrected chi connectivity index (χ3v) is 4.71. The Morgan fingerprint density at radius 1 is 1.03 bits per heavy atom. The lowest BCUT2D eigenvalue weighted by Crippen LogP contribution is -2.42. The van der Waals surface area contributed by atoms with Crippen LogP contribution in [0.25, 0.3) is 0 Å². The van der Waals surface area contributed by atoms with Crippen LogP contribution in [0.2, 0.25) is 0 Å². The van der Waals surface area contributed by atoms with E-state index in [2.05, 4.69) is 0 Å². The first-order chi connectivity index (χ1) is 14.5. The average Bonchev–Trinajstić information content (AvgIpc) is 3.26. The molecule has 0 bridgehead atoms. The molecular formula is C21H20N2O7. The second-order valence-electron chi connectivity index (χ2n) is 6.73. The van der Waals surface area contributed by atoms with E-state index in [9.17, 15) is 24.5 Å². The molecule has 2 aromatic carbocycles. The molecule has 0 aromatic heterocycles. The summed E-state index contributed by atoms with van der Waals surface area (Å²) in [6, 6.07) is 13.4. The second kappa shape index (κ2) is 9.64. The molecule has 2 aromatic rings. The molecule has 0 spiro atoms. The van der Waals surface area contributed by atoms with Gasteiger partial charge in [0.2, 0.25) is 0 Å². The van der Waals surface area contributed by atoms with Crippen molar-refractivity contribution in [3.63, 3.8) is 0 Å². The molecule has 0 saturated carbocycles. The highest BCUT2D eigenvalue weighted by Crippen LogP contribution is 2.20. The van der Waals surface area contributed by atoms with Gasteiger partial charge < -0.3 is 9.47 Å². The van der Waals surface area contributed by atoms with Crippen LogP contribution in [0.3, 0.4) is 0 Å². The van der Waals surface area contributed by atoms with Crippen molar-refractivity contribution in [1.82, 2.24) is 4.90 Å². The molecule has 9 nitrogen and oxygen atoms in total. The van der Waals surface area contributed by atoms with E-state index in [4.69, 9.17) is 9.47 Å². The highest BCUT2D eigenvalue weighted by molar-refractivity contribution is 5.98. The summed E-state index contributed by atoms with van der Waals surface area (Å²) in [4.78, 5) is 48.3. The van der Waals surface area contributed by atoms with Crippen molar-refractivity contribution in [2.75, 3.05) is 13.2 Å². The van der Waals surface area contributed by atoms with Crippen molar-refractivity contribution in [2.24, 2.45) is 0 Å². The van der Waals surface area contributed by atoms with Crippen LogP contribution in [0.5, 0.6) is 0 Å².